The van der Waals surface area contributed by atoms with E-state index in [2.05, 4.69) is 39.9 Å². The van der Waals surface area contributed by atoms with Gasteiger partial charge in [-0.2, -0.15) is 0 Å². The summed E-state index contributed by atoms with van der Waals surface area (Å²) in [6, 6.07) is 17.9. The number of carbonyl (C=O) groups is 1. The second kappa shape index (κ2) is 8.49. The van der Waals surface area contributed by atoms with Gasteiger partial charge in [-0.1, -0.05) is 69.3 Å². The zero-order valence-corrected chi connectivity index (χ0v) is 18.7. The van der Waals surface area contributed by atoms with Gasteiger partial charge in [0, 0.05) is 0 Å². The van der Waals surface area contributed by atoms with Crippen molar-refractivity contribution < 1.29 is 14.0 Å². The fourth-order valence-corrected chi connectivity index (χ4v) is 4.71. The van der Waals surface area contributed by atoms with E-state index in [9.17, 15) is 4.79 Å². The number of hydrogen-bond acceptors (Lipinski definition) is 3. The number of fused-ring (bicyclic) bond motifs is 1. The zero-order chi connectivity index (χ0) is 20.3. The Morgan fingerprint density at radius 1 is 1.07 bits per heavy atom. The first-order valence-electron chi connectivity index (χ1n) is 10.0. The van der Waals surface area contributed by atoms with Crippen LogP contribution < -0.4 is 4.90 Å². The molecule has 0 N–H and O–H groups in total. The Morgan fingerprint density at radius 3 is 2.36 bits per heavy atom. The van der Waals surface area contributed by atoms with Crippen LogP contribution in [0.4, 0.5) is 10.5 Å². The highest BCUT2D eigenvalue weighted by Crippen LogP contribution is 2.47. The Labute approximate surface area is 170 Å². The molecule has 1 amide bonds. The molecular weight excluding hydrogens is 366 g/mol. The maximum atomic E-state index is 13.1. The van der Waals surface area contributed by atoms with Gasteiger partial charge in [-0.3, -0.25) is 4.90 Å². The van der Waals surface area contributed by atoms with Gasteiger partial charge < -0.3 is 9.16 Å². The normalized spacial score (nSPS) is 19.4. The fraction of sp³-hybridized carbons (Fsp3) is 0.435. The van der Waals surface area contributed by atoms with Crippen molar-refractivity contribution in [1.82, 2.24) is 0 Å². The third-order valence-electron chi connectivity index (χ3n) is 5.17. The summed E-state index contributed by atoms with van der Waals surface area (Å²) in [5, 5.41) is 0. The topological polar surface area (TPSA) is 38.8 Å². The van der Waals surface area contributed by atoms with Gasteiger partial charge in [0.1, 0.15) is 12.8 Å². The lowest BCUT2D eigenvalue weighted by molar-refractivity contribution is 0.105. The predicted molar refractivity (Wildman–Crippen MR) is 116 cm³/mol. The van der Waals surface area contributed by atoms with E-state index in [-0.39, 0.29) is 24.3 Å². The van der Waals surface area contributed by atoms with E-state index in [0.29, 0.717) is 5.92 Å². The lowest BCUT2D eigenvalue weighted by Gasteiger charge is -2.45. The Kier molecular flexibility index (Phi) is 6.25. The van der Waals surface area contributed by atoms with Crippen LogP contribution in [0.3, 0.4) is 0 Å². The van der Waals surface area contributed by atoms with E-state index in [0.717, 1.165) is 17.7 Å². The van der Waals surface area contributed by atoms with Crippen molar-refractivity contribution in [2.45, 2.75) is 59.0 Å². The summed E-state index contributed by atoms with van der Waals surface area (Å²) in [7, 11) is -1.35. The molecule has 1 aliphatic rings. The quantitative estimate of drug-likeness (QED) is 0.622. The van der Waals surface area contributed by atoms with Crippen molar-refractivity contribution in [2.75, 3.05) is 4.90 Å². The van der Waals surface area contributed by atoms with Gasteiger partial charge in [0.05, 0.1) is 5.69 Å². The number of benzene rings is 2. The van der Waals surface area contributed by atoms with E-state index in [1.54, 1.807) is 4.90 Å². The third kappa shape index (κ3) is 4.65. The minimum Gasteiger partial charge on any atom is -0.444 e. The minimum absolute atomic E-state index is 0.0796. The number of nitrogens with zero attached hydrogens (tertiary/aromatic N) is 1. The van der Waals surface area contributed by atoms with E-state index in [4.69, 9.17) is 9.16 Å². The number of carbonyl (C=O) groups excluding carboxylic acids is 1. The second-order valence-corrected chi connectivity index (χ2v) is 11.1. The van der Waals surface area contributed by atoms with E-state index >= 15 is 0 Å². The summed E-state index contributed by atoms with van der Waals surface area (Å²) in [6.07, 6.45) is 0.156. The molecule has 0 radical (unpaired) electrons. The summed E-state index contributed by atoms with van der Waals surface area (Å²) in [5.41, 5.74) is 3.16. The van der Waals surface area contributed by atoms with Crippen LogP contribution in [0.15, 0.2) is 54.6 Å². The van der Waals surface area contributed by atoms with Gasteiger partial charge >= 0.3 is 6.09 Å². The molecule has 0 spiro atoms. The molecule has 5 heteroatoms. The molecule has 2 atom stereocenters. The molecule has 0 saturated heterocycles. The average Bonchev–Trinajstić information content (AvgIpc) is 2.65. The van der Waals surface area contributed by atoms with Crippen LogP contribution in [0.2, 0.25) is 13.1 Å². The van der Waals surface area contributed by atoms with Crippen molar-refractivity contribution in [1.29, 1.82) is 0 Å². The number of anilines is 1. The van der Waals surface area contributed by atoms with Crippen LogP contribution in [0.1, 0.15) is 44.2 Å². The maximum absolute atomic E-state index is 13.1. The van der Waals surface area contributed by atoms with Crippen LogP contribution in [-0.2, 0) is 15.8 Å². The zero-order valence-electron chi connectivity index (χ0n) is 17.5. The number of ether oxygens (including phenoxy) is 1. The molecule has 28 heavy (non-hydrogen) atoms. The largest absolute Gasteiger partial charge is 0.444 e. The first-order chi connectivity index (χ1) is 13.3. The van der Waals surface area contributed by atoms with E-state index in [1.807, 2.05) is 48.5 Å². The van der Waals surface area contributed by atoms with Crippen molar-refractivity contribution in [3.8, 4) is 0 Å². The molecule has 1 heterocycles. The molecule has 0 aromatic heterocycles. The van der Waals surface area contributed by atoms with Gasteiger partial charge in [0.2, 0.25) is 0 Å². The van der Waals surface area contributed by atoms with Crippen molar-refractivity contribution in [3.05, 3.63) is 65.7 Å². The van der Waals surface area contributed by atoms with Crippen LogP contribution in [0, 0.1) is 5.41 Å². The molecule has 3 rings (SSSR count). The molecule has 0 aliphatic carbocycles. The Hall–Kier alpha value is -2.11. The number of hydrogen-bond donors (Lipinski definition) is 0. The first kappa shape index (κ1) is 20.6. The summed E-state index contributed by atoms with van der Waals surface area (Å²) in [6.45, 7) is 11.3. The lowest BCUT2D eigenvalue weighted by Crippen LogP contribution is -2.49. The maximum Gasteiger partial charge on any atom is 0.416 e. The van der Waals surface area contributed by atoms with E-state index < -0.39 is 9.04 Å². The number of para-hydroxylation sites is 1. The Balaban J connectivity index is 1.91. The predicted octanol–water partition coefficient (Wildman–Crippen LogP) is 5.69. The molecule has 0 saturated carbocycles. The average molecular weight is 398 g/mol. The lowest BCUT2D eigenvalue weighted by atomic mass is 9.72. The summed E-state index contributed by atoms with van der Waals surface area (Å²) >= 11 is 0. The van der Waals surface area contributed by atoms with E-state index in [1.165, 1.54) is 5.56 Å². The van der Waals surface area contributed by atoms with Crippen molar-refractivity contribution >= 4 is 20.8 Å². The van der Waals surface area contributed by atoms with Crippen LogP contribution in [0.25, 0.3) is 0 Å². The van der Waals surface area contributed by atoms with Gasteiger partial charge in [-0.15, -0.1) is 0 Å². The summed E-state index contributed by atoms with van der Waals surface area (Å²) in [5.74, 6) is 0.319. The monoisotopic (exact) mass is 397 g/mol. The summed E-state index contributed by atoms with van der Waals surface area (Å²) < 4.78 is 12.0. The molecular formula is C23H31NO3Si. The highest BCUT2D eigenvalue weighted by molar-refractivity contribution is 6.48. The van der Waals surface area contributed by atoms with Gasteiger partial charge in [-0.05, 0) is 48.0 Å². The second-order valence-electron chi connectivity index (χ2n) is 8.76. The third-order valence-corrected chi connectivity index (χ3v) is 6.03. The fourth-order valence-electron chi connectivity index (χ4n) is 3.85. The highest BCUT2D eigenvalue weighted by Gasteiger charge is 2.41. The number of amides is 1. The number of rotatable bonds is 4. The molecule has 2 aromatic rings. The van der Waals surface area contributed by atoms with Gasteiger partial charge in [0.25, 0.3) is 0 Å². The minimum atomic E-state index is -1.35. The summed E-state index contributed by atoms with van der Waals surface area (Å²) in [4.78, 5) is 14.9. The molecule has 4 nitrogen and oxygen atoms in total. The standard InChI is InChI=1S/C23H31NO3Si/c1-23(2,3)19-15-21(27-28(4)5)24(20-14-10-9-13-18(19)20)22(25)26-16-17-11-7-6-8-12-17/h6-14,19,21,28H,15-16H2,1-5H3/t19-,21?/m1/s1. The van der Waals surface area contributed by atoms with Crippen molar-refractivity contribution in [3.63, 3.8) is 0 Å². The van der Waals surface area contributed by atoms with Crippen LogP contribution in [0.5, 0.6) is 0 Å². The first-order valence-corrected chi connectivity index (χ1v) is 12.8. The van der Waals surface area contributed by atoms with Gasteiger partial charge in [-0.25, -0.2) is 4.79 Å². The molecule has 1 aliphatic heterocycles. The highest BCUT2D eigenvalue weighted by atomic mass is 28.3. The molecule has 0 bridgehead atoms. The Bertz CT molecular complexity index is 801. The smallest absolute Gasteiger partial charge is 0.416 e. The van der Waals surface area contributed by atoms with Crippen molar-refractivity contribution in [2.24, 2.45) is 5.41 Å². The van der Waals surface area contributed by atoms with Gasteiger partial charge in [0.15, 0.2) is 9.04 Å². The SMILES string of the molecule is C[SiH](C)OC1C[C@@H](C(C)(C)C)c2ccccc2N1C(=O)OCc1ccccc1. The van der Waals surface area contributed by atoms with Crippen LogP contribution >= 0.6 is 0 Å². The molecule has 150 valence electrons. The van der Waals surface area contributed by atoms with Crippen LogP contribution in [-0.4, -0.2) is 21.4 Å². The molecule has 2 aromatic carbocycles. The Morgan fingerprint density at radius 2 is 1.71 bits per heavy atom. The molecule has 1 unspecified atom stereocenters. The molecule has 0 fully saturated rings.